The quantitative estimate of drug-likeness (QED) is 0.0264. The van der Waals surface area contributed by atoms with E-state index >= 15 is 0 Å². The summed E-state index contributed by atoms with van der Waals surface area (Å²) in [5, 5.41) is 0. The Hall–Kier alpha value is -2.89. The molecule has 1 atom stereocenters. The van der Waals surface area contributed by atoms with Crippen molar-refractivity contribution in [2.45, 2.75) is 239 Å². The highest BCUT2D eigenvalue weighted by Gasteiger charge is 2.19. The Labute approximate surface area is 358 Å². The summed E-state index contributed by atoms with van der Waals surface area (Å²) in [6.45, 7) is 6.43. The van der Waals surface area contributed by atoms with Gasteiger partial charge in [0.25, 0.3) is 0 Å². The van der Waals surface area contributed by atoms with E-state index in [-0.39, 0.29) is 31.1 Å². The predicted octanol–water partition coefficient (Wildman–Crippen LogP) is 15.7. The highest BCUT2D eigenvalue weighted by atomic mass is 16.6. The molecule has 58 heavy (non-hydrogen) atoms. The number of ether oxygens (including phenoxy) is 3. The van der Waals surface area contributed by atoms with Crippen LogP contribution in [0.15, 0.2) is 60.8 Å². The number of hydrogen-bond donors (Lipinski definition) is 0. The van der Waals surface area contributed by atoms with Gasteiger partial charge < -0.3 is 14.2 Å². The van der Waals surface area contributed by atoms with Crippen LogP contribution in [0.5, 0.6) is 0 Å². The molecule has 334 valence electrons. The van der Waals surface area contributed by atoms with Gasteiger partial charge >= 0.3 is 17.9 Å². The SMILES string of the molecule is CC/C=C\C/C=C\C/C=C\CCCCCCCCCC(=O)OCC(COC(=O)CCCCCCCCCCCC)OC(=O)CCCCCCC/C=C\C/C=C\CCC. The van der Waals surface area contributed by atoms with Gasteiger partial charge in [0.2, 0.25) is 0 Å². The molecule has 0 aliphatic heterocycles. The summed E-state index contributed by atoms with van der Waals surface area (Å²) in [5.74, 6) is -0.908. The fourth-order valence-electron chi connectivity index (χ4n) is 6.61. The van der Waals surface area contributed by atoms with E-state index in [1.54, 1.807) is 0 Å². The lowest BCUT2D eigenvalue weighted by molar-refractivity contribution is -0.167. The van der Waals surface area contributed by atoms with Gasteiger partial charge in [-0.3, -0.25) is 14.4 Å². The van der Waals surface area contributed by atoms with Crippen LogP contribution >= 0.6 is 0 Å². The second kappa shape index (κ2) is 46.8. The maximum atomic E-state index is 12.7. The van der Waals surface area contributed by atoms with Crippen molar-refractivity contribution >= 4 is 17.9 Å². The molecule has 0 amide bonds. The van der Waals surface area contributed by atoms with Crippen LogP contribution in [0.4, 0.5) is 0 Å². The Morgan fingerprint density at radius 2 is 0.707 bits per heavy atom. The molecule has 0 spiro atoms. The van der Waals surface area contributed by atoms with Crippen LogP contribution in [0, 0.1) is 0 Å². The normalized spacial score (nSPS) is 12.5. The van der Waals surface area contributed by atoms with Gasteiger partial charge in [-0.25, -0.2) is 0 Å². The van der Waals surface area contributed by atoms with Gasteiger partial charge in [-0.15, -0.1) is 0 Å². The van der Waals surface area contributed by atoms with Crippen molar-refractivity contribution in [2.75, 3.05) is 13.2 Å². The lowest BCUT2D eigenvalue weighted by Crippen LogP contribution is -2.30. The zero-order valence-electron chi connectivity index (χ0n) is 38.0. The van der Waals surface area contributed by atoms with Crippen molar-refractivity contribution in [1.82, 2.24) is 0 Å². The predicted molar refractivity (Wildman–Crippen MR) is 247 cm³/mol. The summed E-state index contributed by atoms with van der Waals surface area (Å²) >= 11 is 0. The minimum atomic E-state index is -0.781. The van der Waals surface area contributed by atoms with Gasteiger partial charge in [0, 0.05) is 19.3 Å². The standard InChI is InChI=1S/C52H90O6/c1-4-7-10-13-16-19-22-24-25-26-27-29-30-33-36-39-42-45-51(54)57-48-49(47-56-50(53)44-41-38-35-32-21-18-15-12-9-6-3)58-52(55)46-43-40-37-34-31-28-23-20-17-14-11-8-5-2/h7,10-11,14,16,19-20,23-25,49H,4-6,8-9,12-13,15,17-18,21-22,26-48H2,1-3H3/b10-7-,14-11-,19-16-,23-20-,25-24-. The monoisotopic (exact) mass is 811 g/mol. The van der Waals surface area contributed by atoms with Crippen molar-refractivity contribution in [3.8, 4) is 0 Å². The molecule has 0 radical (unpaired) electrons. The van der Waals surface area contributed by atoms with Crippen molar-refractivity contribution < 1.29 is 28.6 Å². The second-order valence-corrected chi connectivity index (χ2v) is 16.0. The summed E-state index contributed by atoms with van der Waals surface area (Å²) in [6.07, 6.45) is 56.3. The third-order valence-electron chi connectivity index (χ3n) is 10.2. The molecular formula is C52H90O6. The largest absolute Gasteiger partial charge is 0.462 e. The van der Waals surface area contributed by atoms with E-state index in [0.717, 1.165) is 116 Å². The van der Waals surface area contributed by atoms with Gasteiger partial charge in [-0.05, 0) is 77.0 Å². The zero-order valence-corrected chi connectivity index (χ0v) is 38.0. The van der Waals surface area contributed by atoms with Gasteiger partial charge in [0.1, 0.15) is 13.2 Å². The molecule has 0 heterocycles. The van der Waals surface area contributed by atoms with Crippen molar-refractivity contribution in [3.63, 3.8) is 0 Å². The van der Waals surface area contributed by atoms with E-state index < -0.39 is 6.10 Å². The average molecular weight is 811 g/mol. The van der Waals surface area contributed by atoms with E-state index in [0.29, 0.717) is 19.3 Å². The van der Waals surface area contributed by atoms with E-state index in [2.05, 4.69) is 81.5 Å². The molecule has 0 aliphatic carbocycles. The van der Waals surface area contributed by atoms with Gasteiger partial charge in [0.15, 0.2) is 6.10 Å². The maximum absolute atomic E-state index is 12.7. The molecule has 0 aromatic carbocycles. The molecule has 0 saturated carbocycles. The molecule has 6 nitrogen and oxygen atoms in total. The number of allylic oxidation sites excluding steroid dienone is 10. The third kappa shape index (κ3) is 44.2. The molecule has 0 N–H and O–H groups in total. The van der Waals surface area contributed by atoms with Crippen LogP contribution in [0.25, 0.3) is 0 Å². The second-order valence-electron chi connectivity index (χ2n) is 16.0. The number of carbonyl (C=O) groups is 3. The van der Waals surface area contributed by atoms with Crippen LogP contribution in [0.1, 0.15) is 233 Å². The van der Waals surface area contributed by atoms with Crippen LogP contribution in [0.2, 0.25) is 0 Å². The Kier molecular flexibility index (Phi) is 44.5. The number of rotatable bonds is 43. The van der Waals surface area contributed by atoms with Gasteiger partial charge in [-0.2, -0.15) is 0 Å². The summed E-state index contributed by atoms with van der Waals surface area (Å²) in [7, 11) is 0. The fourth-order valence-corrected chi connectivity index (χ4v) is 6.61. The smallest absolute Gasteiger partial charge is 0.306 e. The fraction of sp³-hybridized carbons (Fsp3) is 0.750. The molecule has 0 aromatic heterocycles. The van der Waals surface area contributed by atoms with E-state index in [4.69, 9.17) is 14.2 Å². The highest BCUT2D eigenvalue weighted by molar-refractivity contribution is 5.71. The molecular weight excluding hydrogens is 721 g/mol. The molecule has 0 aliphatic rings. The summed E-state index contributed by atoms with van der Waals surface area (Å²) in [6, 6.07) is 0. The topological polar surface area (TPSA) is 78.9 Å². The molecule has 0 aromatic rings. The van der Waals surface area contributed by atoms with Crippen LogP contribution in [0.3, 0.4) is 0 Å². The van der Waals surface area contributed by atoms with E-state index in [1.807, 2.05) is 0 Å². The molecule has 0 rings (SSSR count). The molecule has 0 saturated heterocycles. The van der Waals surface area contributed by atoms with Crippen LogP contribution in [-0.2, 0) is 28.6 Å². The first kappa shape index (κ1) is 55.1. The molecule has 0 fully saturated rings. The van der Waals surface area contributed by atoms with Crippen LogP contribution in [-0.4, -0.2) is 37.2 Å². The molecule has 0 bridgehead atoms. The summed E-state index contributed by atoms with van der Waals surface area (Å²) in [4.78, 5) is 37.8. The third-order valence-corrected chi connectivity index (χ3v) is 10.2. The van der Waals surface area contributed by atoms with Gasteiger partial charge in [0.05, 0.1) is 0 Å². The summed E-state index contributed by atoms with van der Waals surface area (Å²) < 4.78 is 16.7. The van der Waals surface area contributed by atoms with Crippen molar-refractivity contribution in [3.05, 3.63) is 60.8 Å². The molecule has 6 heteroatoms. The lowest BCUT2D eigenvalue weighted by Gasteiger charge is -2.18. The van der Waals surface area contributed by atoms with Crippen molar-refractivity contribution in [1.29, 1.82) is 0 Å². The zero-order chi connectivity index (χ0) is 42.3. The Balaban J connectivity index is 4.37. The minimum absolute atomic E-state index is 0.0820. The minimum Gasteiger partial charge on any atom is -0.462 e. The number of esters is 3. The van der Waals surface area contributed by atoms with Crippen LogP contribution < -0.4 is 0 Å². The van der Waals surface area contributed by atoms with E-state index in [1.165, 1.54) is 77.0 Å². The number of hydrogen-bond acceptors (Lipinski definition) is 6. The molecule has 1 unspecified atom stereocenters. The highest BCUT2D eigenvalue weighted by Crippen LogP contribution is 2.14. The summed E-state index contributed by atoms with van der Waals surface area (Å²) in [5.41, 5.74) is 0. The number of unbranched alkanes of at least 4 members (excludes halogenated alkanes) is 22. The Morgan fingerprint density at radius 1 is 0.362 bits per heavy atom. The Bertz CT molecular complexity index is 1070. The Morgan fingerprint density at radius 3 is 1.12 bits per heavy atom. The lowest BCUT2D eigenvalue weighted by atomic mass is 10.1. The average Bonchev–Trinajstić information content (AvgIpc) is 3.22. The van der Waals surface area contributed by atoms with E-state index in [9.17, 15) is 14.4 Å². The van der Waals surface area contributed by atoms with Crippen molar-refractivity contribution in [2.24, 2.45) is 0 Å². The first-order valence-electron chi connectivity index (χ1n) is 24.3. The number of carbonyl (C=O) groups excluding carboxylic acids is 3. The first-order valence-corrected chi connectivity index (χ1v) is 24.3. The maximum Gasteiger partial charge on any atom is 0.306 e. The first-order chi connectivity index (χ1) is 28.5. The van der Waals surface area contributed by atoms with Gasteiger partial charge in [-0.1, -0.05) is 197 Å².